The first-order valence-electron chi connectivity index (χ1n) is 5.71. The molecule has 104 valence electrons. The van der Waals surface area contributed by atoms with Crippen molar-refractivity contribution in [3.63, 3.8) is 0 Å². The maximum atomic E-state index is 12.2. The zero-order valence-electron chi connectivity index (χ0n) is 10.6. The molecule has 0 bridgehead atoms. The Kier molecular flexibility index (Phi) is 3.61. The Balaban J connectivity index is 2.61. The molecule has 0 aromatic heterocycles. The molecule has 2 aromatic carbocycles. The number of phenolic OH excluding ortho intramolecular Hbond substituents is 1. The van der Waals surface area contributed by atoms with Crippen LogP contribution in [0.4, 0.5) is 0 Å². The van der Waals surface area contributed by atoms with Gasteiger partial charge in [0.15, 0.2) is 5.78 Å². The lowest BCUT2D eigenvalue weighted by molar-refractivity contribution is 0.103. The fourth-order valence-corrected chi connectivity index (χ4v) is 2.61. The molecule has 0 aliphatic heterocycles. The zero-order valence-corrected chi connectivity index (χ0v) is 11.4. The maximum Gasteiger partial charge on any atom is 0.294 e. The van der Waals surface area contributed by atoms with Crippen molar-refractivity contribution < 1.29 is 22.9 Å². The molecule has 2 rings (SSSR count). The van der Waals surface area contributed by atoms with Gasteiger partial charge < -0.3 is 5.11 Å². The summed E-state index contributed by atoms with van der Waals surface area (Å²) in [6.45, 7) is 1.42. The van der Waals surface area contributed by atoms with E-state index in [1.807, 2.05) is 0 Å². The average molecular weight is 292 g/mol. The highest BCUT2D eigenvalue weighted by Crippen LogP contribution is 2.27. The number of benzene rings is 2. The van der Waals surface area contributed by atoms with Crippen LogP contribution in [0.15, 0.2) is 47.4 Å². The molecule has 20 heavy (non-hydrogen) atoms. The maximum absolute atomic E-state index is 12.2. The van der Waals surface area contributed by atoms with E-state index in [-0.39, 0.29) is 16.9 Å². The summed E-state index contributed by atoms with van der Waals surface area (Å²) >= 11 is 0. The van der Waals surface area contributed by atoms with E-state index in [4.69, 9.17) is 4.55 Å². The van der Waals surface area contributed by atoms with Crippen molar-refractivity contribution >= 4 is 15.9 Å². The van der Waals surface area contributed by atoms with Gasteiger partial charge in [-0.2, -0.15) is 8.42 Å². The number of hydrogen-bond donors (Lipinski definition) is 2. The van der Waals surface area contributed by atoms with Gasteiger partial charge in [0.1, 0.15) is 5.75 Å². The normalized spacial score (nSPS) is 11.3. The summed E-state index contributed by atoms with van der Waals surface area (Å²) in [5.41, 5.74) is 0.303. The second-order valence-corrected chi connectivity index (χ2v) is 5.70. The minimum Gasteiger partial charge on any atom is -0.507 e. The molecule has 0 atom stereocenters. The molecule has 2 N–H and O–H groups in total. The lowest BCUT2D eigenvalue weighted by Crippen LogP contribution is -2.07. The molecular formula is C14H12O5S. The Bertz CT molecular complexity index is 764. The molecule has 0 saturated carbocycles. The van der Waals surface area contributed by atoms with Crippen LogP contribution in [0.3, 0.4) is 0 Å². The van der Waals surface area contributed by atoms with E-state index in [9.17, 15) is 18.3 Å². The average Bonchev–Trinajstić information content (AvgIpc) is 2.37. The lowest BCUT2D eigenvalue weighted by atomic mass is 10.0. The number of hydrogen-bond acceptors (Lipinski definition) is 4. The Morgan fingerprint density at radius 3 is 2.25 bits per heavy atom. The monoisotopic (exact) mass is 292 g/mol. The number of rotatable bonds is 3. The summed E-state index contributed by atoms with van der Waals surface area (Å²) in [6.07, 6.45) is 0. The second-order valence-electron chi connectivity index (χ2n) is 4.31. The Hall–Kier alpha value is -2.18. The van der Waals surface area contributed by atoms with Crippen LogP contribution >= 0.6 is 0 Å². The van der Waals surface area contributed by atoms with Gasteiger partial charge in [0, 0.05) is 5.56 Å². The number of phenols is 1. The molecule has 0 amide bonds. The van der Waals surface area contributed by atoms with Gasteiger partial charge in [-0.05, 0) is 24.6 Å². The van der Waals surface area contributed by atoms with Crippen molar-refractivity contribution in [3.8, 4) is 5.75 Å². The predicted molar refractivity (Wildman–Crippen MR) is 72.5 cm³/mol. The first-order chi connectivity index (χ1) is 9.30. The highest BCUT2D eigenvalue weighted by molar-refractivity contribution is 7.85. The summed E-state index contributed by atoms with van der Waals surface area (Å²) in [7, 11) is -4.45. The number of aryl methyl sites for hydroxylation is 1. The first kappa shape index (κ1) is 14.2. The van der Waals surface area contributed by atoms with Crippen LogP contribution in [-0.4, -0.2) is 23.9 Å². The number of carbonyl (C=O) groups is 1. The van der Waals surface area contributed by atoms with E-state index >= 15 is 0 Å². The topological polar surface area (TPSA) is 91.7 Å². The Labute approximate surface area is 116 Å². The zero-order chi connectivity index (χ0) is 14.9. The van der Waals surface area contributed by atoms with Crippen molar-refractivity contribution in [2.24, 2.45) is 0 Å². The quantitative estimate of drug-likeness (QED) is 0.668. The first-order valence-corrected chi connectivity index (χ1v) is 7.15. The van der Waals surface area contributed by atoms with Crippen LogP contribution < -0.4 is 0 Å². The van der Waals surface area contributed by atoms with Crippen molar-refractivity contribution in [3.05, 3.63) is 59.2 Å². The molecule has 0 heterocycles. The van der Waals surface area contributed by atoms with Crippen LogP contribution in [0.2, 0.25) is 0 Å². The minimum atomic E-state index is -4.45. The molecule has 2 aromatic rings. The molecule has 0 fully saturated rings. The van der Waals surface area contributed by atoms with Crippen molar-refractivity contribution in [2.75, 3.05) is 0 Å². The molecule has 0 spiro atoms. The van der Waals surface area contributed by atoms with Gasteiger partial charge in [0.05, 0.1) is 10.5 Å². The van der Waals surface area contributed by atoms with Crippen LogP contribution in [0, 0.1) is 6.92 Å². The molecule has 0 aliphatic rings. The fourth-order valence-electron chi connectivity index (χ4n) is 1.88. The van der Waals surface area contributed by atoms with Crippen LogP contribution in [0.1, 0.15) is 21.5 Å². The molecule has 0 aliphatic carbocycles. The molecule has 0 radical (unpaired) electrons. The van der Waals surface area contributed by atoms with Crippen LogP contribution in [0.5, 0.6) is 5.75 Å². The third-order valence-corrected chi connectivity index (χ3v) is 3.85. The Morgan fingerprint density at radius 2 is 1.70 bits per heavy atom. The van der Waals surface area contributed by atoms with E-state index in [1.54, 1.807) is 30.3 Å². The molecule has 6 heteroatoms. The van der Waals surface area contributed by atoms with Crippen molar-refractivity contribution in [1.82, 2.24) is 0 Å². The lowest BCUT2D eigenvalue weighted by Gasteiger charge is -2.08. The van der Waals surface area contributed by atoms with E-state index in [0.717, 1.165) is 12.1 Å². The molecule has 5 nitrogen and oxygen atoms in total. The third kappa shape index (κ3) is 2.71. The van der Waals surface area contributed by atoms with Gasteiger partial charge in [-0.3, -0.25) is 9.35 Å². The van der Waals surface area contributed by atoms with E-state index in [1.165, 1.54) is 6.92 Å². The highest BCUT2D eigenvalue weighted by Gasteiger charge is 2.20. The van der Waals surface area contributed by atoms with E-state index in [0.29, 0.717) is 5.56 Å². The van der Waals surface area contributed by atoms with Gasteiger partial charge in [-0.1, -0.05) is 30.3 Å². The van der Waals surface area contributed by atoms with Crippen LogP contribution in [0.25, 0.3) is 0 Å². The standard InChI is InChI=1S/C14H12O5S/c1-9-7-12(15)11(8-13(9)20(17,18)19)14(16)10-5-3-2-4-6-10/h2-8,15H,1H3,(H,17,18,19). The summed E-state index contributed by atoms with van der Waals surface area (Å²) in [6, 6.07) is 10.3. The SMILES string of the molecule is Cc1cc(O)c(C(=O)c2ccccc2)cc1S(=O)(=O)O. The highest BCUT2D eigenvalue weighted by atomic mass is 32.2. The van der Waals surface area contributed by atoms with Crippen molar-refractivity contribution in [2.45, 2.75) is 11.8 Å². The molecular weight excluding hydrogens is 280 g/mol. The van der Waals surface area contributed by atoms with Crippen molar-refractivity contribution in [1.29, 1.82) is 0 Å². The summed E-state index contributed by atoms with van der Waals surface area (Å²) in [5.74, 6) is -0.850. The number of ketones is 1. The largest absolute Gasteiger partial charge is 0.507 e. The minimum absolute atomic E-state index is 0.162. The van der Waals surface area contributed by atoms with Gasteiger partial charge in [0.2, 0.25) is 0 Å². The van der Waals surface area contributed by atoms with E-state index in [2.05, 4.69) is 0 Å². The number of carbonyl (C=O) groups excluding carboxylic acids is 1. The molecule has 0 saturated heterocycles. The summed E-state index contributed by atoms with van der Waals surface area (Å²) in [4.78, 5) is 11.8. The van der Waals surface area contributed by atoms with Gasteiger partial charge in [0.25, 0.3) is 10.1 Å². The smallest absolute Gasteiger partial charge is 0.294 e. The van der Waals surface area contributed by atoms with Crippen LogP contribution in [-0.2, 0) is 10.1 Å². The summed E-state index contributed by atoms with van der Waals surface area (Å²) in [5, 5.41) is 9.82. The molecule has 0 unspecified atom stereocenters. The Morgan fingerprint density at radius 1 is 1.10 bits per heavy atom. The third-order valence-electron chi connectivity index (χ3n) is 2.85. The van der Waals surface area contributed by atoms with E-state index < -0.39 is 20.8 Å². The second kappa shape index (κ2) is 5.07. The summed E-state index contributed by atoms with van der Waals surface area (Å²) < 4.78 is 31.6. The number of aromatic hydroxyl groups is 1. The van der Waals surface area contributed by atoms with Gasteiger partial charge in [-0.15, -0.1) is 0 Å². The fraction of sp³-hybridized carbons (Fsp3) is 0.0714. The predicted octanol–water partition coefficient (Wildman–Crippen LogP) is 2.18. The van der Waals surface area contributed by atoms with Gasteiger partial charge in [-0.25, -0.2) is 0 Å². The van der Waals surface area contributed by atoms with Gasteiger partial charge >= 0.3 is 0 Å².